The van der Waals surface area contributed by atoms with Crippen molar-refractivity contribution in [1.82, 2.24) is 5.32 Å². The predicted octanol–water partition coefficient (Wildman–Crippen LogP) is 2.33. The van der Waals surface area contributed by atoms with Crippen LogP contribution in [0.3, 0.4) is 0 Å². The lowest BCUT2D eigenvalue weighted by Crippen LogP contribution is -2.21. The minimum absolute atomic E-state index is 0.159. The van der Waals surface area contributed by atoms with Gasteiger partial charge in [-0.1, -0.05) is 37.3 Å². The number of esters is 1. The zero-order valence-electron chi connectivity index (χ0n) is 10.6. The molecule has 1 N–H and O–H groups in total. The Morgan fingerprint density at radius 1 is 1.29 bits per heavy atom. The second-order valence-corrected chi connectivity index (χ2v) is 4.18. The molecular weight excluding hydrogens is 214 g/mol. The molecule has 17 heavy (non-hydrogen) atoms. The first-order chi connectivity index (χ1) is 8.24. The van der Waals surface area contributed by atoms with Crippen molar-refractivity contribution in [2.45, 2.75) is 25.7 Å². The van der Waals surface area contributed by atoms with Gasteiger partial charge in [-0.25, -0.2) is 0 Å². The molecule has 0 aromatic heterocycles. The summed E-state index contributed by atoms with van der Waals surface area (Å²) in [5, 5.41) is 3.25. The quantitative estimate of drug-likeness (QED) is 0.582. The second-order valence-electron chi connectivity index (χ2n) is 4.18. The van der Waals surface area contributed by atoms with E-state index in [0.29, 0.717) is 18.9 Å². The van der Waals surface area contributed by atoms with E-state index in [0.717, 1.165) is 13.0 Å². The SMILES string of the molecule is COC(=O)CCNCCC(C)c1ccccc1. The molecule has 94 valence electrons. The number of ether oxygens (including phenoxy) is 1. The Balaban J connectivity index is 2.13. The van der Waals surface area contributed by atoms with Gasteiger partial charge in [-0.2, -0.15) is 0 Å². The third-order valence-corrected chi connectivity index (χ3v) is 2.86. The van der Waals surface area contributed by atoms with Gasteiger partial charge in [-0.15, -0.1) is 0 Å². The molecule has 0 amide bonds. The average molecular weight is 235 g/mol. The van der Waals surface area contributed by atoms with Gasteiger partial charge in [0, 0.05) is 6.54 Å². The summed E-state index contributed by atoms with van der Waals surface area (Å²) in [7, 11) is 1.42. The number of nitrogens with one attached hydrogen (secondary N) is 1. The van der Waals surface area contributed by atoms with Crippen molar-refractivity contribution in [2.75, 3.05) is 20.2 Å². The van der Waals surface area contributed by atoms with Gasteiger partial charge in [0.25, 0.3) is 0 Å². The summed E-state index contributed by atoms with van der Waals surface area (Å²) < 4.78 is 4.57. The normalized spacial score (nSPS) is 12.1. The smallest absolute Gasteiger partial charge is 0.306 e. The number of rotatable bonds is 7. The molecule has 1 aromatic carbocycles. The Morgan fingerprint density at radius 2 is 2.00 bits per heavy atom. The van der Waals surface area contributed by atoms with Crippen molar-refractivity contribution in [3.63, 3.8) is 0 Å². The first-order valence-corrected chi connectivity index (χ1v) is 6.06. The lowest BCUT2D eigenvalue weighted by Gasteiger charge is -2.12. The van der Waals surface area contributed by atoms with Gasteiger partial charge in [0.2, 0.25) is 0 Å². The molecule has 0 aliphatic rings. The highest BCUT2D eigenvalue weighted by Crippen LogP contribution is 2.17. The van der Waals surface area contributed by atoms with E-state index in [1.807, 2.05) is 6.07 Å². The summed E-state index contributed by atoms with van der Waals surface area (Å²) in [6, 6.07) is 10.5. The molecule has 0 fully saturated rings. The molecule has 0 aliphatic carbocycles. The molecule has 1 rings (SSSR count). The Kier molecular flexibility index (Phi) is 6.33. The highest BCUT2D eigenvalue weighted by Gasteiger charge is 2.04. The van der Waals surface area contributed by atoms with Crippen molar-refractivity contribution in [1.29, 1.82) is 0 Å². The lowest BCUT2D eigenvalue weighted by atomic mass is 9.98. The number of carbonyl (C=O) groups excluding carboxylic acids is 1. The number of benzene rings is 1. The van der Waals surface area contributed by atoms with Gasteiger partial charge < -0.3 is 10.1 Å². The molecule has 1 atom stereocenters. The van der Waals surface area contributed by atoms with Gasteiger partial charge in [-0.3, -0.25) is 4.79 Å². The summed E-state index contributed by atoms with van der Waals surface area (Å²) >= 11 is 0. The van der Waals surface area contributed by atoms with Gasteiger partial charge >= 0.3 is 5.97 Å². The minimum atomic E-state index is -0.159. The first-order valence-electron chi connectivity index (χ1n) is 6.06. The van der Waals surface area contributed by atoms with Crippen LogP contribution < -0.4 is 5.32 Å². The Bertz CT molecular complexity index is 324. The molecule has 0 saturated carbocycles. The van der Waals surface area contributed by atoms with Crippen LogP contribution in [0.4, 0.5) is 0 Å². The fourth-order valence-electron chi connectivity index (χ4n) is 1.68. The van der Waals surface area contributed by atoms with E-state index in [1.165, 1.54) is 12.7 Å². The number of carbonyl (C=O) groups is 1. The van der Waals surface area contributed by atoms with Crippen LogP contribution in [-0.2, 0) is 9.53 Å². The van der Waals surface area contributed by atoms with Crippen LogP contribution in [0.1, 0.15) is 31.2 Å². The van der Waals surface area contributed by atoms with E-state index in [1.54, 1.807) is 0 Å². The van der Waals surface area contributed by atoms with Gasteiger partial charge in [0.05, 0.1) is 13.5 Å². The van der Waals surface area contributed by atoms with Crippen LogP contribution in [0.5, 0.6) is 0 Å². The Labute approximate surface area is 103 Å². The van der Waals surface area contributed by atoms with Crippen LogP contribution in [0.15, 0.2) is 30.3 Å². The second kappa shape index (κ2) is 7.85. The van der Waals surface area contributed by atoms with Crippen LogP contribution in [-0.4, -0.2) is 26.2 Å². The van der Waals surface area contributed by atoms with E-state index in [9.17, 15) is 4.79 Å². The third kappa shape index (κ3) is 5.50. The molecule has 0 radical (unpaired) electrons. The number of methoxy groups -OCH3 is 1. The zero-order valence-corrected chi connectivity index (χ0v) is 10.6. The van der Waals surface area contributed by atoms with E-state index in [4.69, 9.17) is 0 Å². The lowest BCUT2D eigenvalue weighted by molar-refractivity contribution is -0.140. The summed E-state index contributed by atoms with van der Waals surface area (Å²) in [4.78, 5) is 10.9. The van der Waals surface area contributed by atoms with Crippen molar-refractivity contribution >= 4 is 5.97 Å². The maximum Gasteiger partial charge on any atom is 0.306 e. The van der Waals surface area contributed by atoms with Gasteiger partial charge in [-0.05, 0) is 24.4 Å². The molecule has 0 saturated heterocycles. The Hall–Kier alpha value is -1.35. The largest absolute Gasteiger partial charge is 0.469 e. The molecule has 0 spiro atoms. The predicted molar refractivity (Wildman–Crippen MR) is 69.0 cm³/mol. The molecule has 1 aromatic rings. The summed E-state index contributed by atoms with van der Waals surface area (Å²) in [5.74, 6) is 0.385. The maximum atomic E-state index is 10.9. The molecular formula is C14H21NO2. The maximum absolute atomic E-state index is 10.9. The molecule has 0 bridgehead atoms. The van der Waals surface area contributed by atoms with E-state index < -0.39 is 0 Å². The van der Waals surface area contributed by atoms with E-state index >= 15 is 0 Å². The van der Waals surface area contributed by atoms with Gasteiger partial charge in [0.15, 0.2) is 0 Å². The monoisotopic (exact) mass is 235 g/mol. The number of hydrogen-bond acceptors (Lipinski definition) is 3. The van der Waals surface area contributed by atoms with Crippen LogP contribution in [0, 0.1) is 0 Å². The topological polar surface area (TPSA) is 38.3 Å². The highest BCUT2D eigenvalue weighted by molar-refractivity contribution is 5.69. The van der Waals surface area contributed by atoms with Crippen LogP contribution in [0.2, 0.25) is 0 Å². The number of hydrogen-bond donors (Lipinski definition) is 1. The van der Waals surface area contributed by atoms with Crippen molar-refractivity contribution in [3.05, 3.63) is 35.9 Å². The molecule has 1 unspecified atom stereocenters. The van der Waals surface area contributed by atoms with Crippen LogP contribution >= 0.6 is 0 Å². The summed E-state index contributed by atoms with van der Waals surface area (Å²) in [6.45, 7) is 3.83. The molecule has 3 heteroatoms. The van der Waals surface area contributed by atoms with E-state index in [-0.39, 0.29) is 5.97 Å². The molecule has 3 nitrogen and oxygen atoms in total. The Morgan fingerprint density at radius 3 is 2.65 bits per heavy atom. The highest BCUT2D eigenvalue weighted by atomic mass is 16.5. The molecule has 0 aliphatic heterocycles. The average Bonchev–Trinajstić information content (AvgIpc) is 2.38. The summed E-state index contributed by atoms with van der Waals surface area (Å²) in [6.07, 6.45) is 1.52. The van der Waals surface area contributed by atoms with Gasteiger partial charge in [0.1, 0.15) is 0 Å². The summed E-state index contributed by atoms with van der Waals surface area (Å²) in [5.41, 5.74) is 1.36. The van der Waals surface area contributed by atoms with Crippen LogP contribution in [0.25, 0.3) is 0 Å². The third-order valence-electron chi connectivity index (χ3n) is 2.86. The van der Waals surface area contributed by atoms with Crippen molar-refractivity contribution < 1.29 is 9.53 Å². The zero-order chi connectivity index (χ0) is 12.5. The van der Waals surface area contributed by atoms with E-state index in [2.05, 4.69) is 41.2 Å². The molecule has 0 heterocycles. The fourth-order valence-corrected chi connectivity index (χ4v) is 1.68. The minimum Gasteiger partial charge on any atom is -0.469 e. The van der Waals surface area contributed by atoms with Crippen molar-refractivity contribution in [3.8, 4) is 0 Å². The fraction of sp³-hybridized carbons (Fsp3) is 0.500. The first kappa shape index (κ1) is 13.7. The van der Waals surface area contributed by atoms with Crippen molar-refractivity contribution in [2.24, 2.45) is 0 Å². The standard InChI is InChI=1S/C14H21NO2/c1-12(13-6-4-3-5-7-13)8-10-15-11-9-14(16)17-2/h3-7,12,15H,8-11H2,1-2H3.